The van der Waals surface area contributed by atoms with Crippen molar-refractivity contribution in [3.63, 3.8) is 0 Å². The van der Waals surface area contributed by atoms with Crippen LogP contribution in [0.15, 0.2) is 22.7 Å². The molecule has 0 spiro atoms. The third-order valence-electron chi connectivity index (χ3n) is 3.01. The molecule has 1 atom stereocenters. The second-order valence-corrected chi connectivity index (χ2v) is 5.77. The Bertz CT molecular complexity index is 592. The van der Waals surface area contributed by atoms with Gasteiger partial charge in [0, 0.05) is 23.1 Å². The number of hydrogen-bond acceptors (Lipinski definition) is 2. The van der Waals surface area contributed by atoms with Gasteiger partial charge in [-0.15, -0.1) is 0 Å². The lowest BCUT2D eigenvalue weighted by atomic mass is 10.0. The predicted octanol–water partition coefficient (Wildman–Crippen LogP) is 3.53. The van der Waals surface area contributed by atoms with Crippen LogP contribution in [-0.4, -0.2) is 9.78 Å². The summed E-state index contributed by atoms with van der Waals surface area (Å²) in [5.41, 5.74) is 8.60. The Balaban J connectivity index is 2.27. The van der Waals surface area contributed by atoms with Crippen molar-refractivity contribution in [2.45, 2.75) is 19.4 Å². The summed E-state index contributed by atoms with van der Waals surface area (Å²) < 4.78 is 15.6. The average Bonchev–Trinajstić information content (AvgIpc) is 2.54. The number of hydrogen-bond donors (Lipinski definition) is 1. The summed E-state index contributed by atoms with van der Waals surface area (Å²) in [6.07, 6.45) is 0.522. The van der Waals surface area contributed by atoms with E-state index in [1.54, 1.807) is 11.7 Å². The van der Waals surface area contributed by atoms with E-state index in [2.05, 4.69) is 21.0 Å². The summed E-state index contributed by atoms with van der Waals surface area (Å²) in [5, 5.41) is 4.81. The molecule has 1 aromatic heterocycles. The van der Waals surface area contributed by atoms with Crippen molar-refractivity contribution in [1.82, 2.24) is 9.78 Å². The Labute approximate surface area is 124 Å². The normalized spacial score (nSPS) is 12.7. The van der Waals surface area contributed by atoms with Gasteiger partial charge < -0.3 is 5.73 Å². The number of nitrogens with two attached hydrogens (primary N) is 1. The monoisotopic (exact) mass is 345 g/mol. The quantitative estimate of drug-likeness (QED) is 0.924. The van der Waals surface area contributed by atoms with E-state index in [9.17, 15) is 4.39 Å². The van der Waals surface area contributed by atoms with E-state index in [0.29, 0.717) is 16.0 Å². The van der Waals surface area contributed by atoms with Crippen LogP contribution in [0.25, 0.3) is 0 Å². The third-order valence-corrected chi connectivity index (χ3v) is 3.94. The highest BCUT2D eigenvalue weighted by atomic mass is 79.9. The van der Waals surface area contributed by atoms with Crippen LogP contribution in [0.1, 0.15) is 22.9 Å². The Morgan fingerprint density at radius 2 is 2.16 bits per heavy atom. The van der Waals surface area contributed by atoms with Crippen LogP contribution >= 0.6 is 27.5 Å². The molecular formula is C13H14BrClFN3. The van der Waals surface area contributed by atoms with Crippen molar-refractivity contribution in [3.05, 3.63) is 50.5 Å². The Morgan fingerprint density at radius 1 is 1.47 bits per heavy atom. The van der Waals surface area contributed by atoms with Crippen molar-refractivity contribution in [2.75, 3.05) is 0 Å². The van der Waals surface area contributed by atoms with Crippen LogP contribution in [0.3, 0.4) is 0 Å². The van der Waals surface area contributed by atoms with Crippen LogP contribution in [-0.2, 0) is 13.5 Å². The van der Waals surface area contributed by atoms with E-state index < -0.39 is 0 Å². The van der Waals surface area contributed by atoms with E-state index in [4.69, 9.17) is 17.3 Å². The van der Waals surface area contributed by atoms with Gasteiger partial charge >= 0.3 is 0 Å². The minimum absolute atomic E-state index is 0.311. The Hall–Kier alpha value is -0.910. The van der Waals surface area contributed by atoms with Gasteiger partial charge in [-0.25, -0.2) is 4.39 Å². The fraction of sp³-hybridized carbons (Fsp3) is 0.308. The standard InChI is InChI=1S/C13H14BrClFN3/c1-7-11(13(15)19(2)18-7)6-12(17)8-3-9(14)5-10(16)4-8/h3-5,12H,6,17H2,1-2H3. The molecular weight excluding hydrogens is 333 g/mol. The zero-order valence-electron chi connectivity index (χ0n) is 10.6. The van der Waals surface area contributed by atoms with E-state index in [-0.39, 0.29) is 11.9 Å². The van der Waals surface area contributed by atoms with Gasteiger partial charge in [0.1, 0.15) is 11.0 Å². The first-order valence-corrected chi connectivity index (χ1v) is 6.95. The fourth-order valence-electron chi connectivity index (χ4n) is 2.03. The lowest BCUT2D eigenvalue weighted by Gasteiger charge is -2.12. The summed E-state index contributed by atoms with van der Waals surface area (Å²) in [7, 11) is 1.78. The average molecular weight is 347 g/mol. The van der Waals surface area contributed by atoms with Crippen molar-refractivity contribution < 1.29 is 4.39 Å². The number of aromatic nitrogens is 2. The molecule has 0 amide bonds. The molecule has 0 bridgehead atoms. The first kappa shape index (κ1) is 14.5. The zero-order valence-corrected chi connectivity index (χ0v) is 13.0. The fourth-order valence-corrected chi connectivity index (χ4v) is 2.77. The van der Waals surface area contributed by atoms with Gasteiger partial charge in [0.05, 0.1) is 5.69 Å². The molecule has 1 unspecified atom stereocenters. The number of rotatable bonds is 3. The summed E-state index contributed by atoms with van der Waals surface area (Å²) in [4.78, 5) is 0. The van der Waals surface area contributed by atoms with Crippen LogP contribution in [0.2, 0.25) is 5.15 Å². The smallest absolute Gasteiger partial charge is 0.130 e. The molecule has 1 aromatic carbocycles. The number of nitrogens with zero attached hydrogens (tertiary/aromatic N) is 2. The van der Waals surface area contributed by atoms with E-state index >= 15 is 0 Å². The summed E-state index contributed by atoms with van der Waals surface area (Å²) in [6, 6.07) is 4.33. The lowest BCUT2D eigenvalue weighted by Crippen LogP contribution is -2.14. The third kappa shape index (κ3) is 3.16. The molecule has 0 radical (unpaired) electrons. The van der Waals surface area contributed by atoms with E-state index in [1.165, 1.54) is 12.1 Å². The van der Waals surface area contributed by atoms with Gasteiger partial charge in [-0.05, 0) is 37.1 Å². The molecule has 2 rings (SSSR count). The number of halogens is 3. The maximum Gasteiger partial charge on any atom is 0.130 e. The highest BCUT2D eigenvalue weighted by Crippen LogP contribution is 2.26. The molecule has 3 nitrogen and oxygen atoms in total. The van der Waals surface area contributed by atoms with E-state index in [1.807, 2.05) is 13.0 Å². The topological polar surface area (TPSA) is 43.8 Å². The molecule has 0 fully saturated rings. The summed E-state index contributed by atoms with van der Waals surface area (Å²) >= 11 is 9.43. The van der Waals surface area contributed by atoms with Crippen molar-refractivity contribution in [3.8, 4) is 0 Å². The van der Waals surface area contributed by atoms with Crippen LogP contribution in [0, 0.1) is 12.7 Å². The predicted molar refractivity (Wildman–Crippen MR) is 77.7 cm³/mol. The number of aryl methyl sites for hydroxylation is 2. The highest BCUT2D eigenvalue weighted by Gasteiger charge is 2.16. The zero-order chi connectivity index (χ0) is 14.2. The molecule has 102 valence electrons. The van der Waals surface area contributed by atoms with Gasteiger partial charge in [-0.3, -0.25) is 4.68 Å². The maximum atomic E-state index is 13.4. The molecule has 19 heavy (non-hydrogen) atoms. The second-order valence-electron chi connectivity index (χ2n) is 4.49. The molecule has 0 aliphatic rings. The number of benzene rings is 1. The molecule has 2 N–H and O–H groups in total. The van der Waals surface area contributed by atoms with Crippen molar-refractivity contribution in [1.29, 1.82) is 0 Å². The molecule has 0 saturated carbocycles. The summed E-state index contributed by atoms with van der Waals surface area (Å²) in [6.45, 7) is 1.88. The molecule has 0 aliphatic carbocycles. The van der Waals surface area contributed by atoms with Crippen molar-refractivity contribution in [2.24, 2.45) is 12.8 Å². The second kappa shape index (κ2) is 5.61. The van der Waals surface area contributed by atoms with Crippen molar-refractivity contribution >= 4 is 27.5 Å². The molecule has 0 aliphatic heterocycles. The molecule has 6 heteroatoms. The first-order chi connectivity index (χ1) is 8.88. The minimum Gasteiger partial charge on any atom is -0.324 e. The van der Waals surface area contributed by atoms with Gasteiger partial charge in [-0.2, -0.15) is 5.10 Å². The van der Waals surface area contributed by atoms with Crippen LogP contribution in [0.4, 0.5) is 4.39 Å². The minimum atomic E-state index is -0.326. The van der Waals surface area contributed by atoms with Gasteiger partial charge in [-0.1, -0.05) is 27.5 Å². The molecule has 0 saturated heterocycles. The SMILES string of the molecule is Cc1nn(C)c(Cl)c1CC(N)c1cc(F)cc(Br)c1. The Morgan fingerprint density at radius 3 is 2.68 bits per heavy atom. The van der Waals surface area contributed by atoms with Gasteiger partial charge in [0.2, 0.25) is 0 Å². The largest absolute Gasteiger partial charge is 0.324 e. The van der Waals surface area contributed by atoms with Crippen LogP contribution < -0.4 is 5.73 Å². The molecule has 2 aromatic rings. The van der Waals surface area contributed by atoms with Crippen LogP contribution in [0.5, 0.6) is 0 Å². The highest BCUT2D eigenvalue weighted by molar-refractivity contribution is 9.10. The summed E-state index contributed by atoms with van der Waals surface area (Å²) in [5.74, 6) is -0.311. The first-order valence-electron chi connectivity index (χ1n) is 5.78. The van der Waals surface area contributed by atoms with Gasteiger partial charge in [0.15, 0.2) is 0 Å². The van der Waals surface area contributed by atoms with E-state index in [0.717, 1.165) is 16.8 Å². The van der Waals surface area contributed by atoms with Gasteiger partial charge in [0.25, 0.3) is 0 Å². The lowest BCUT2D eigenvalue weighted by molar-refractivity contribution is 0.617. The Kier molecular flexibility index (Phi) is 4.28. The molecule has 1 heterocycles. The maximum absolute atomic E-state index is 13.4.